The van der Waals surface area contributed by atoms with Crippen LogP contribution in [0.4, 0.5) is 4.79 Å². The van der Waals surface area contributed by atoms with E-state index in [9.17, 15) is 29.1 Å². The van der Waals surface area contributed by atoms with Crippen LogP contribution in [-0.4, -0.2) is 71.1 Å². The van der Waals surface area contributed by atoms with Crippen molar-refractivity contribution in [2.75, 3.05) is 19.7 Å². The Morgan fingerprint density at radius 2 is 1.60 bits per heavy atom. The quantitative estimate of drug-likeness (QED) is 0.148. The molecule has 0 radical (unpaired) electrons. The van der Waals surface area contributed by atoms with Crippen molar-refractivity contribution in [3.05, 3.63) is 29.8 Å². The molecule has 0 aromatic heterocycles. The number of primary amides is 1. The summed E-state index contributed by atoms with van der Waals surface area (Å²) in [5, 5.41) is 15.0. The summed E-state index contributed by atoms with van der Waals surface area (Å²) in [4.78, 5) is 65.3. The molecule has 0 heterocycles. The minimum Gasteiger partial charge on any atom is -0.508 e. The van der Waals surface area contributed by atoms with Gasteiger partial charge >= 0.3 is 12.1 Å². The van der Waals surface area contributed by atoms with Crippen molar-refractivity contribution in [3.63, 3.8) is 0 Å². The lowest BCUT2D eigenvalue weighted by Gasteiger charge is -2.34. The van der Waals surface area contributed by atoms with E-state index >= 15 is 0 Å². The molecule has 2 atom stereocenters. The second-order valence-electron chi connectivity index (χ2n) is 11.0. The van der Waals surface area contributed by atoms with Crippen LogP contribution >= 0.6 is 0 Å². The third-order valence-electron chi connectivity index (χ3n) is 6.13. The van der Waals surface area contributed by atoms with Gasteiger partial charge in [0.1, 0.15) is 23.4 Å². The lowest BCUT2D eigenvalue weighted by atomic mass is 10.0. The number of nitrogens with zero attached hydrogens (tertiary/aromatic N) is 1. The topological polar surface area (TPSA) is 177 Å². The highest BCUT2D eigenvalue weighted by Gasteiger charge is 2.36. The number of carbonyl (C=O) groups is 5. The van der Waals surface area contributed by atoms with Gasteiger partial charge in [0, 0.05) is 13.1 Å². The number of benzene rings is 1. The first-order valence-corrected chi connectivity index (χ1v) is 14.6. The summed E-state index contributed by atoms with van der Waals surface area (Å²) < 4.78 is 10.2. The Kier molecular flexibility index (Phi) is 16.0. The molecular formula is C30H48N4O8. The van der Waals surface area contributed by atoms with E-state index in [1.807, 2.05) is 0 Å². The summed E-state index contributed by atoms with van der Waals surface area (Å²) in [5.74, 6) is -2.63. The highest BCUT2D eigenvalue weighted by atomic mass is 16.6. The number of hydrogen-bond acceptors (Lipinski definition) is 8. The van der Waals surface area contributed by atoms with Crippen LogP contribution in [0.1, 0.15) is 97.6 Å². The highest BCUT2D eigenvalue weighted by molar-refractivity contribution is 5.94. The van der Waals surface area contributed by atoms with Crippen molar-refractivity contribution in [3.8, 4) is 5.75 Å². The molecule has 42 heavy (non-hydrogen) atoms. The molecule has 0 spiro atoms. The van der Waals surface area contributed by atoms with Gasteiger partial charge in [-0.1, -0.05) is 51.2 Å². The average Bonchev–Trinajstić information content (AvgIpc) is 2.88. The van der Waals surface area contributed by atoms with Crippen molar-refractivity contribution < 1.29 is 38.6 Å². The monoisotopic (exact) mass is 592 g/mol. The van der Waals surface area contributed by atoms with Gasteiger partial charge in [-0.15, -0.1) is 0 Å². The fourth-order valence-electron chi connectivity index (χ4n) is 4.23. The van der Waals surface area contributed by atoms with Crippen LogP contribution in [0.2, 0.25) is 0 Å². The van der Waals surface area contributed by atoms with Crippen LogP contribution in [0.15, 0.2) is 24.3 Å². The summed E-state index contributed by atoms with van der Waals surface area (Å²) in [7, 11) is 0. The summed E-state index contributed by atoms with van der Waals surface area (Å²) >= 11 is 0. The van der Waals surface area contributed by atoms with Crippen molar-refractivity contribution in [1.29, 1.82) is 0 Å². The first-order chi connectivity index (χ1) is 19.8. The lowest BCUT2D eigenvalue weighted by molar-refractivity contribution is -0.144. The van der Waals surface area contributed by atoms with Crippen molar-refractivity contribution >= 4 is 29.8 Å². The Bertz CT molecular complexity index is 1020. The van der Waals surface area contributed by atoms with Gasteiger partial charge in [-0.2, -0.15) is 0 Å². The van der Waals surface area contributed by atoms with Gasteiger partial charge in [0.15, 0.2) is 0 Å². The Morgan fingerprint density at radius 3 is 2.17 bits per heavy atom. The van der Waals surface area contributed by atoms with Crippen LogP contribution in [-0.2, 0) is 28.7 Å². The molecule has 236 valence electrons. The van der Waals surface area contributed by atoms with E-state index in [1.165, 1.54) is 29.2 Å². The summed E-state index contributed by atoms with van der Waals surface area (Å²) in [6.45, 7) is 9.06. The molecule has 1 aromatic rings. The maximum atomic E-state index is 14.0. The van der Waals surface area contributed by atoms with Gasteiger partial charge in [0.05, 0.1) is 19.4 Å². The molecule has 4 amide bonds. The minimum absolute atomic E-state index is 0.0350. The summed E-state index contributed by atoms with van der Waals surface area (Å²) in [6, 6.07) is 3.20. The van der Waals surface area contributed by atoms with E-state index in [0.29, 0.717) is 12.0 Å². The molecule has 0 bridgehead atoms. The van der Waals surface area contributed by atoms with Gasteiger partial charge in [-0.05, 0) is 51.8 Å². The third-order valence-corrected chi connectivity index (χ3v) is 6.13. The molecular weight excluding hydrogens is 544 g/mol. The molecule has 0 fully saturated rings. The first kappa shape index (κ1) is 36.2. The number of hydrogen-bond donors (Lipinski definition) is 4. The zero-order valence-electron chi connectivity index (χ0n) is 25.6. The molecule has 0 aliphatic heterocycles. The van der Waals surface area contributed by atoms with E-state index in [4.69, 9.17) is 15.2 Å². The number of phenols is 1. The van der Waals surface area contributed by atoms with Gasteiger partial charge in [-0.3, -0.25) is 19.2 Å². The molecule has 0 aliphatic carbocycles. The molecule has 5 N–H and O–H groups in total. The Morgan fingerprint density at radius 1 is 0.976 bits per heavy atom. The fraction of sp³-hybridized carbons (Fsp3) is 0.633. The number of rotatable bonds is 18. The van der Waals surface area contributed by atoms with Crippen LogP contribution in [0.25, 0.3) is 0 Å². The smallest absolute Gasteiger partial charge is 0.408 e. The van der Waals surface area contributed by atoms with Crippen LogP contribution in [0.5, 0.6) is 5.75 Å². The molecule has 0 saturated heterocycles. The normalized spacial score (nSPS) is 12.5. The highest BCUT2D eigenvalue weighted by Crippen LogP contribution is 2.26. The second-order valence-corrected chi connectivity index (χ2v) is 11.0. The molecule has 0 saturated carbocycles. The number of nitrogens with one attached hydrogen (secondary N) is 2. The number of carbonyl (C=O) groups excluding carboxylic acids is 5. The molecule has 1 aromatic carbocycles. The summed E-state index contributed by atoms with van der Waals surface area (Å²) in [5.41, 5.74) is 4.95. The molecule has 12 heteroatoms. The van der Waals surface area contributed by atoms with Gasteiger partial charge < -0.3 is 35.8 Å². The zero-order valence-corrected chi connectivity index (χ0v) is 25.6. The first-order valence-electron chi connectivity index (χ1n) is 14.6. The predicted octanol–water partition coefficient (Wildman–Crippen LogP) is 3.46. The van der Waals surface area contributed by atoms with Crippen LogP contribution in [0, 0.1) is 0 Å². The number of alkyl carbamates (subject to hydrolysis) is 1. The second kappa shape index (κ2) is 18.6. The van der Waals surface area contributed by atoms with Gasteiger partial charge in [0.2, 0.25) is 17.7 Å². The number of esters is 1. The Balaban J connectivity index is 3.41. The van der Waals surface area contributed by atoms with Crippen LogP contribution in [0.3, 0.4) is 0 Å². The van der Waals surface area contributed by atoms with Crippen molar-refractivity contribution in [1.82, 2.24) is 15.5 Å². The molecule has 1 rings (SSSR count). The zero-order chi connectivity index (χ0) is 31.7. The average molecular weight is 593 g/mol. The van der Waals surface area contributed by atoms with Crippen molar-refractivity contribution in [2.45, 2.75) is 104 Å². The minimum atomic E-state index is -1.40. The maximum absolute atomic E-state index is 14.0. The van der Waals surface area contributed by atoms with E-state index in [0.717, 1.165) is 32.1 Å². The number of aromatic hydroxyl groups is 1. The van der Waals surface area contributed by atoms with E-state index in [-0.39, 0.29) is 31.9 Å². The van der Waals surface area contributed by atoms with E-state index in [1.54, 1.807) is 27.7 Å². The van der Waals surface area contributed by atoms with Crippen LogP contribution < -0.4 is 16.4 Å². The van der Waals surface area contributed by atoms with Gasteiger partial charge in [-0.25, -0.2) is 4.79 Å². The van der Waals surface area contributed by atoms with E-state index < -0.39 is 53.9 Å². The predicted molar refractivity (Wildman–Crippen MR) is 157 cm³/mol. The molecule has 0 aliphatic rings. The number of phenolic OH excluding ortho intramolecular Hbond substituents is 1. The largest absolute Gasteiger partial charge is 0.508 e. The van der Waals surface area contributed by atoms with Crippen molar-refractivity contribution in [2.24, 2.45) is 5.73 Å². The number of nitrogens with two attached hydrogens (primary N) is 1. The molecule has 12 nitrogen and oxygen atoms in total. The summed E-state index contributed by atoms with van der Waals surface area (Å²) in [6.07, 6.45) is 3.97. The van der Waals surface area contributed by atoms with Gasteiger partial charge in [0.25, 0.3) is 0 Å². The number of ether oxygens (including phenoxy) is 2. The number of unbranched alkanes of at least 4 members (excludes halogenated alkanes) is 5. The molecule has 2 unspecified atom stereocenters. The Labute approximate surface area is 248 Å². The third kappa shape index (κ3) is 14.2. The maximum Gasteiger partial charge on any atom is 0.408 e. The van der Waals surface area contributed by atoms with E-state index in [2.05, 4.69) is 17.6 Å². The standard InChI is InChI=1S/C30H48N4O8/c1-6-8-9-10-11-12-19-34(28(39)23(20-24(31)36)33-29(40)42-30(3,4)5)26(21-13-15-22(35)16-14-21)27(38)32-18-17-25(37)41-7-2/h13-16,23,26,35H,6-12,17-20H2,1-5H3,(H2,31,36)(H,32,38)(H,33,40). The Hall–Kier alpha value is -3.83. The SMILES string of the molecule is CCCCCCCCN(C(=O)C(CC(N)=O)NC(=O)OC(C)(C)C)C(C(=O)NCCC(=O)OCC)c1ccc(O)cc1. The lowest BCUT2D eigenvalue weighted by Crippen LogP contribution is -2.54. The number of amides is 4. The fourth-order valence-corrected chi connectivity index (χ4v) is 4.23.